The lowest BCUT2D eigenvalue weighted by atomic mass is 10.1. The molecular formula is C12H18FNO. The topological polar surface area (TPSA) is 21.3 Å². The molecule has 84 valence electrons. The molecule has 0 aliphatic heterocycles. The van der Waals surface area contributed by atoms with Crippen molar-refractivity contribution in [1.29, 1.82) is 0 Å². The maximum absolute atomic E-state index is 13.5. The van der Waals surface area contributed by atoms with Crippen molar-refractivity contribution in [2.45, 2.75) is 20.4 Å². The molecule has 0 saturated carbocycles. The Morgan fingerprint density at radius 2 is 2.07 bits per heavy atom. The first-order chi connectivity index (χ1) is 7.15. The molecule has 15 heavy (non-hydrogen) atoms. The van der Waals surface area contributed by atoms with Crippen LogP contribution < -0.4 is 5.32 Å². The van der Waals surface area contributed by atoms with Crippen molar-refractivity contribution in [2.75, 3.05) is 20.3 Å². The largest absolute Gasteiger partial charge is 0.383 e. The van der Waals surface area contributed by atoms with Gasteiger partial charge in [0.2, 0.25) is 0 Å². The molecule has 0 aliphatic rings. The summed E-state index contributed by atoms with van der Waals surface area (Å²) in [6.45, 7) is 5.78. The average Bonchev–Trinajstić information content (AvgIpc) is 2.15. The van der Waals surface area contributed by atoms with E-state index in [4.69, 9.17) is 4.74 Å². The number of nitrogens with one attached hydrogen (secondary N) is 1. The summed E-state index contributed by atoms with van der Waals surface area (Å²) in [4.78, 5) is 0. The van der Waals surface area contributed by atoms with Crippen LogP contribution in [0.25, 0.3) is 0 Å². The van der Waals surface area contributed by atoms with Crippen LogP contribution in [-0.2, 0) is 11.3 Å². The Bertz CT molecular complexity index is 302. The van der Waals surface area contributed by atoms with Crippen LogP contribution in [0.4, 0.5) is 4.39 Å². The molecule has 0 saturated heterocycles. The molecule has 2 nitrogen and oxygen atoms in total. The first kappa shape index (κ1) is 12.1. The summed E-state index contributed by atoms with van der Waals surface area (Å²) in [5, 5.41) is 3.14. The van der Waals surface area contributed by atoms with Crippen LogP contribution in [0.2, 0.25) is 0 Å². The highest BCUT2D eigenvalue weighted by molar-refractivity contribution is 5.31. The molecule has 0 spiro atoms. The van der Waals surface area contributed by atoms with Crippen molar-refractivity contribution < 1.29 is 9.13 Å². The van der Waals surface area contributed by atoms with Gasteiger partial charge < -0.3 is 10.1 Å². The molecule has 0 heterocycles. The molecule has 0 fully saturated rings. The van der Waals surface area contributed by atoms with Crippen LogP contribution in [0.5, 0.6) is 0 Å². The zero-order chi connectivity index (χ0) is 11.3. The van der Waals surface area contributed by atoms with Gasteiger partial charge in [0.15, 0.2) is 0 Å². The van der Waals surface area contributed by atoms with E-state index in [1.54, 1.807) is 13.2 Å². The van der Waals surface area contributed by atoms with E-state index in [-0.39, 0.29) is 5.82 Å². The molecule has 0 aromatic heterocycles. The van der Waals surface area contributed by atoms with Crippen LogP contribution in [0.1, 0.15) is 16.7 Å². The van der Waals surface area contributed by atoms with E-state index in [1.807, 2.05) is 19.9 Å². The number of ether oxygens (including phenoxy) is 1. The third-order valence-corrected chi connectivity index (χ3v) is 2.35. The first-order valence-corrected chi connectivity index (χ1v) is 5.10. The molecule has 1 aromatic rings. The van der Waals surface area contributed by atoms with Crippen LogP contribution >= 0.6 is 0 Å². The monoisotopic (exact) mass is 211 g/mol. The molecule has 1 aromatic carbocycles. The summed E-state index contributed by atoms with van der Waals surface area (Å²) in [5.74, 6) is -0.127. The molecule has 0 radical (unpaired) electrons. The van der Waals surface area contributed by atoms with Gasteiger partial charge in [-0.2, -0.15) is 0 Å². The smallest absolute Gasteiger partial charge is 0.128 e. The Morgan fingerprint density at radius 3 is 2.67 bits per heavy atom. The fraction of sp³-hybridized carbons (Fsp3) is 0.500. The third kappa shape index (κ3) is 3.61. The Labute approximate surface area is 90.4 Å². The van der Waals surface area contributed by atoms with E-state index >= 15 is 0 Å². The number of benzene rings is 1. The Kier molecular flexibility index (Phi) is 4.72. The van der Waals surface area contributed by atoms with Gasteiger partial charge in [-0.05, 0) is 31.0 Å². The van der Waals surface area contributed by atoms with Crippen molar-refractivity contribution >= 4 is 0 Å². The average molecular weight is 211 g/mol. The number of methoxy groups -OCH3 is 1. The SMILES string of the molecule is COCCNCc1c(C)cc(C)cc1F. The van der Waals surface area contributed by atoms with Crippen LogP contribution in [0.15, 0.2) is 12.1 Å². The number of aryl methyl sites for hydroxylation is 2. The maximum atomic E-state index is 13.5. The Morgan fingerprint density at radius 1 is 1.33 bits per heavy atom. The van der Waals surface area contributed by atoms with Gasteiger partial charge in [0.25, 0.3) is 0 Å². The van der Waals surface area contributed by atoms with Gasteiger partial charge in [-0.25, -0.2) is 4.39 Å². The first-order valence-electron chi connectivity index (χ1n) is 5.10. The third-order valence-electron chi connectivity index (χ3n) is 2.35. The van der Waals surface area contributed by atoms with Gasteiger partial charge in [-0.3, -0.25) is 0 Å². The van der Waals surface area contributed by atoms with Gasteiger partial charge in [-0.1, -0.05) is 6.07 Å². The number of halogens is 1. The van der Waals surface area contributed by atoms with E-state index in [2.05, 4.69) is 5.32 Å². The summed E-state index contributed by atoms with van der Waals surface area (Å²) in [6.07, 6.45) is 0. The van der Waals surface area contributed by atoms with E-state index in [1.165, 1.54) is 0 Å². The second-order valence-corrected chi connectivity index (χ2v) is 3.71. The lowest BCUT2D eigenvalue weighted by molar-refractivity contribution is 0.199. The molecule has 3 heteroatoms. The molecule has 0 bridgehead atoms. The number of hydrogen-bond acceptors (Lipinski definition) is 2. The highest BCUT2D eigenvalue weighted by Crippen LogP contribution is 2.15. The lowest BCUT2D eigenvalue weighted by Gasteiger charge is -2.09. The molecular weight excluding hydrogens is 193 g/mol. The lowest BCUT2D eigenvalue weighted by Crippen LogP contribution is -2.19. The standard InChI is InChI=1S/C12H18FNO/c1-9-6-10(2)11(12(13)7-9)8-14-4-5-15-3/h6-7,14H,4-5,8H2,1-3H3. The molecule has 1 rings (SSSR count). The van der Waals surface area contributed by atoms with Crippen molar-refractivity contribution in [1.82, 2.24) is 5.32 Å². The van der Waals surface area contributed by atoms with Crippen molar-refractivity contribution in [3.8, 4) is 0 Å². The minimum atomic E-state index is -0.127. The predicted molar refractivity (Wildman–Crippen MR) is 59.5 cm³/mol. The van der Waals surface area contributed by atoms with E-state index in [9.17, 15) is 4.39 Å². The zero-order valence-electron chi connectivity index (χ0n) is 9.56. The highest BCUT2D eigenvalue weighted by Gasteiger charge is 2.05. The summed E-state index contributed by atoms with van der Waals surface area (Å²) in [6, 6.07) is 3.57. The Balaban J connectivity index is 2.60. The summed E-state index contributed by atoms with van der Waals surface area (Å²) in [7, 11) is 1.65. The molecule has 0 unspecified atom stereocenters. The molecule has 0 atom stereocenters. The van der Waals surface area contributed by atoms with Crippen molar-refractivity contribution in [3.63, 3.8) is 0 Å². The number of rotatable bonds is 5. The predicted octanol–water partition coefficient (Wildman–Crippen LogP) is 2.18. The highest BCUT2D eigenvalue weighted by atomic mass is 19.1. The van der Waals surface area contributed by atoms with Gasteiger partial charge in [0.1, 0.15) is 5.82 Å². The summed E-state index contributed by atoms with van der Waals surface area (Å²) < 4.78 is 18.5. The second kappa shape index (κ2) is 5.83. The minimum absolute atomic E-state index is 0.127. The number of hydrogen-bond donors (Lipinski definition) is 1. The van der Waals surface area contributed by atoms with E-state index in [0.29, 0.717) is 13.2 Å². The van der Waals surface area contributed by atoms with Crippen LogP contribution in [-0.4, -0.2) is 20.3 Å². The Hall–Kier alpha value is -0.930. The van der Waals surface area contributed by atoms with Crippen LogP contribution in [0.3, 0.4) is 0 Å². The van der Waals surface area contributed by atoms with E-state index < -0.39 is 0 Å². The zero-order valence-corrected chi connectivity index (χ0v) is 9.56. The van der Waals surface area contributed by atoms with Gasteiger partial charge in [-0.15, -0.1) is 0 Å². The summed E-state index contributed by atoms with van der Waals surface area (Å²) >= 11 is 0. The fourth-order valence-corrected chi connectivity index (χ4v) is 1.56. The molecule has 0 amide bonds. The molecule has 0 aliphatic carbocycles. The normalized spacial score (nSPS) is 10.7. The van der Waals surface area contributed by atoms with E-state index in [0.717, 1.165) is 23.2 Å². The fourth-order valence-electron chi connectivity index (χ4n) is 1.56. The van der Waals surface area contributed by atoms with Gasteiger partial charge in [0, 0.05) is 25.8 Å². The quantitative estimate of drug-likeness (QED) is 0.754. The summed E-state index contributed by atoms with van der Waals surface area (Å²) in [5.41, 5.74) is 2.71. The van der Waals surface area contributed by atoms with Gasteiger partial charge in [0.05, 0.1) is 6.61 Å². The van der Waals surface area contributed by atoms with Gasteiger partial charge >= 0.3 is 0 Å². The molecule has 1 N–H and O–H groups in total. The maximum Gasteiger partial charge on any atom is 0.128 e. The van der Waals surface area contributed by atoms with Crippen molar-refractivity contribution in [2.24, 2.45) is 0 Å². The van der Waals surface area contributed by atoms with Crippen molar-refractivity contribution in [3.05, 3.63) is 34.6 Å². The van der Waals surface area contributed by atoms with Crippen LogP contribution in [0, 0.1) is 19.7 Å². The second-order valence-electron chi connectivity index (χ2n) is 3.71. The minimum Gasteiger partial charge on any atom is -0.383 e.